The molecule has 21 heavy (non-hydrogen) atoms. The van der Waals surface area contributed by atoms with E-state index in [1.807, 2.05) is 6.07 Å². The second-order valence-corrected chi connectivity index (χ2v) is 5.60. The lowest BCUT2D eigenvalue weighted by atomic mass is 10.1. The molecule has 1 rings (SSSR count). The molecule has 1 aromatic rings. The first-order valence-corrected chi connectivity index (χ1v) is 7.23. The summed E-state index contributed by atoms with van der Waals surface area (Å²) in [6, 6.07) is 5.02. The minimum absolute atomic E-state index is 0.152. The Morgan fingerprint density at radius 2 is 2.05 bits per heavy atom. The molecule has 0 bridgehead atoms. The van der Waals surface area contributed by atoms with Crippen LogP contribution in [0.25, 0.3) is 0 Å². The number of carbonyl (C=O) groups is 2. The molecule has 0 saturated heterocycles. The number of nitrogens with one attached hydrogen (secondary N) is 1. The van der Waals surface area contributed by atoms with Gasteiger partial charge in [0.1, 0.15) is 0 Å². The Balaban J connectivity index is 2.43. The number of nitrogens with zero attached hydrogens (tertiary/aromatic N) is 1. The molecule has 116 valence electrons. The number of aliphatic carboxylic acids is 1. The van der Waals surface area contributed by atoms with Crippen LogP contribution in [0.2, 0.25) is 10.0 Å². The highest BCUT2D eigenvalue weighted by molar-refractivity contribution is 6.42. The summed E-state index contributed by atoms with van der Waals surface area (Å²) >= 11 is 12.0. The van der Waals surface area contributed by atoms with Gasteiger partial charge in [0, 0.05) is 20.1 Å². The fourth-order valence-corrected chi connectivity index (χ4v) is 2.17. The van der Waals surface area contributed by atoms with Gasteiger partial charge in [0.15, 0.2) is 0 Å². The van der Waals surface area contributed by atoms with Gasteiger partial charge in [-0.15, -0.1) is 0 Å². The number of carboxylic acid groups (broad SMARTS) is 1. The summed E-state index contributed by atoms with van der Waals surface area (Å²) in [6.07, 6.45) is 0.549. The lowest BCUT2D eigenvalue weighted by Crippen LogP contribution is -2.41. The molecule has 0 aliphatic rings. The first-order chi connectivity index (χ1) is 9.82. The summed E-state index contributed by atoms with van der Waals surface area (Å²) in [6.45, 7) is 2.10. The summed E-state index contributed by atoms with van der Waals surface area (Å²) < 4.78 is 0. The van der Waals surface area contributed by atoms with Gasteiger partial charge >= 0.3 is 12.0 Å². The zero-order valence-electron chi connectivity index (χ0n) is 11.9. The second kappa shape index (κ2) is 8.10. The topological polar surface area (TPSA) is 69.6 Å². The predicted octanol–water partition coefficient (Wildman–Crippen LogP) is 2.90. The van der Waals surface area contributed by atoms with Gasteiger partial charge in [-0.2, -0.15) is 0 Å². The molecule has 0 radical (unpaired) electrons. The van der Waals surface area contributed by atoms with Crippen LogP contribution in [0.1, 0.15) is 12.5 Å². The van der Waals surface area contributed by atoms with E-state index in [9.17, 15) is 9.59 Å². The van der Waals surface area contributed by atoms with Gasteiger partial charge in [-0.25, -0.2) is 4.79 Å². The van der Waals surface area contributed by atoms with Crippen molar-refractivity contribution < 1.29 is 14.7 Å². The highest BCUT2D eigenvalue weighted by Gasteiger charge is 2.17. The van der Waals surface area contributed by atoms with Crippen LogP contribution in [-0.2, 0) is 11.2 Å². The SMILES string of the molecule is CC(CN(C)C(=O)NCCc1cccc(Cl)c1Cl)C(=O)O. The lowest BCUT2D eigenvalue weighted by molar-refractivity contribution is -0.141. The van der Waals surface area contributed by atoms with Crippen LogP contribution in [0.5, 0.6) is 0 Å². The molecular formula is C14H18Cl2N2O3. The van der Waals surface area contributed by atoms with E-state index >= 15 is 0 Å². The van der Waals surface area contributed by atoms with Crippen molar-refractivity contribution in [3.63, 3.8) is 0 Å². The molecule has 1 unspecified atom stereocenters. The lowest BCUT2D eigenvalue weighted by Gasteiger charge is -2.20. The van der Waals surface area contributed by atoms with E-state index in [-0.39, 0.29) is 12.6 Å². The first-order valence-electron chi connectivity index (χ1n) is 6.47. The van der Waals surface area contributed by atoms with Crippen LogP contribution in [0.3, 0.4) is 0 Å². The van der Waals surface area contributed by atoms with Gasteiger partial charge in [-0.3, -0.25) is 4.79 Å². The summed E-state index contributed by atoms with van der Waals surface area (Å²) in [5, 5.41) is 12.5. The van der Waals surface area contributed by atoms with Crippen LogP contribution in [0.4, 0.5) is 4.79 Å². The third kappa shape index (κ3) is 5.44. The van der Waals surface area contributed by atoms with Crippen molar-refractivity contribution in [3.05, 3.63) is 33.8 Å². The molecule has 0 aliphatic heterocycles. The fraction of sp³-hybridized carbons (Fsp3) is 0.429. The monoisotopic (exact) mass is 332 g/mol. The molecule has 0 spiro atoms. The van der Waals surface area contributed by atoms with Gasteiger partial charge in [0.05, 0.1) is 16.0 Å². The highest BCUT2D eigenvalue weighted by Crippen LogP contribution is 2.25. The number of hydrogen-bond donors (Lipinski definition) is 2. The van der Waals surface area contributed by atoms with E-state index in [2.05, 4.69) is 5.32 Å². The first kappa shape index (κ1) is 17.6. The minimum Gasteiger partial charge on any atom is -0.481 e. The molecule has 2 N–H and O–H groups in total. The van der Waals surface area contributed by atoms with Gasteiger partial charge in [0.25, 0.3) is 0 Å². The summed E-state index contributed by atoms with van der Waals surface area (Å²) in [5.41, 5.74) is 0.853. The number of carbonyl (C=O) groups excluding carboxylic acids is 1. The van der Waals surface area contributed by atoms with Crippen LogP contribution in [-0.4, -0.2) is 42.1 Å². The average Bonchev–Trinajstić information content (AvgIpc) is 2.43. The Bertz CT molecular complexity index is 523. The third-order valence-electron chi connectivity index (χ3n) is 3.02. The van der Waals surface area contributed by atoms with E-state index in [1.54, 1.807) is 26.1 Å². The third-order valence-corrected chi connectivity index (χ3v) is 3.88. The van der Waals surface area contributed by atoms with Crippen molar-refractivity contribution in [2.24, 2.45) is 5.92 Å². The largest absolute Gasteiger partial charge is 0.481 e. The number of hydrogen-bond acceptors (Lipinski definition) is 2. The quantitative estimate of drug-likeness (QED) is 0.841. The number of halogens is 2. The number of benzene rings is 1. The zero-order chi connectivity index (χ0) is 16.0. The maximum atomic E-state index is 11.8. The van der Waals surface area contributed by atoms with E-state index in [0.717, 1.165) is 5.56 Å². The number of rotatable bonds is 6. The molecule has 1 atom stereocenters. The van der Waals surface area contributed by atoms with Gasteiger partial charge in [-0.05, 0) is 18.1 Å². The standard InChI is InChI=1S/C14H18Cl2N2O3/c1-9(13(19)20)8-18(2)14(21)17-7-6-10-4-3-5-11(15)12(10)16/h3-5,9H,6-8H2,1-2H3,(H,17,21)(H,19,20). The van der Waals surface area contributed by atoms with Crippen molar-refractivity contribution >= 4 is 35.2 Å². The van der Waals surface area contributed by atoms with Crippen LogP contribution in [0.15, 0.2) is 18.2 Å². The molecule has 2 amide bonds. The van der Waals surface area contributed by atoms with Gasteiger partial charge in [0.2, 0.25) is 0 Å². The Hall–Kier alpha value is -1.46. The molecule has 0 aromatic heterocycles. The summed E-state index contributed by atoms with van der Waals surface area (Å²) in [4.78, 5) is 23.9. The number of carboxylic acids is 1. The molecule has 7 heteroatoms. The van der Waals surface area contributed by atoms with Crippen molar-refractivity contribution in [1.29, 1.82) is 0 Å². The Labute approximate surface area is 133 Å². The normalized spacial score (nSPS) is 11.8. The highest BCUT2D eigenvalue weighted by atomic mass is 35.5. The van der Waals surface area contributed by atoms with Crippen molar-refractivity contribution in [3.8, 4) is 0 Å². The average molecular weight is 333 g/mol. The van der Waals surface area contributed by atoms with Crippen LogP contribution in [0, 0.1) is 5.92 Å². The van der Waals surface area contributed by atoms with Gasteiger partial charge in [-0.1, -0.05) is 42.3 Å². The predicted molar refractivity (Wildman–Crippen MR) is 83.0 cm³/mol. The molecular weight excluding hydrogens is 315 g/mol. The molecule has 5 nitrogen and oxygen atoms in total. The summed E-state index contributed by atoms with van der Waals surface area (Å²) in [5.74, 6) is -1.54. The molecule has 1 aromatic carbocycles. The zero-order valence-corrected chi connectivity index (χ0v) is 13.4. The van der Waals surface area contributed by atoms with Crippen LogP contribution >= 0.6 is 23.2 Å². The van der Waals surface area contributed by atoms with Crippen molar-refractivity contribution in [1.82, 2.24) is 10.2 Å². The minimum atomic E-state index is -0.930. The number of urea groups is 1. The molecule has 0 aliphatic carbocycles. The maximum absolute atomic E-state index is 11.8. The Kier molecular flexibility index (Phi) is 6.78. The molecule has 0 heterocycles. The Morgan fingerprint density at radius 1 is 1.38 bits per heavy atom. The fourth-order valence-electron chi connectivity index (χ4n) is 1.75. The number of amides is 2. The molecule has 0 fully saturated rings. The van der Waals surface area contributed by atoms with E-state index < -0.39 is 11.9 Å². The van der Waals surface area contributed by atoms with Crippen molar-refractivity contribution in [2.75, 3.05) is 20.1 Å². The van der Waals surface area contributed by atoms with Gasteiger partial charge < -0.3 is 15.3 Å². The van der Waals surface area contributed by atoms with E-state index in [4.69, 9.17) is 28.3 Å². The van der Waals surface area contributed by atoms with E-state index in [0.29, 0.717) is 23.0 Å². The van der Waals surface area contributed by atoms with Crippen LogP contribution < -0.4 is 5.32 Å². The summed E-state index contributed by atoms with van der Waals surface area (Å²) in [7, 11) is 1.56. The second-order valence-electron chi connectivity index (χ2n) is 4.81. The molecule has 0 saturated carbocycles. The maximum Gasteiger partial charge on any atom is 0.317 e. The van der Waals surface area contributed by atoms with E-state index in [1.165, 1.54) is 4.90 Å². The smallest absolute Gasteiger partial charge is 0.317 e. The van der Waals surface area contributed by atoms with Crippen molar-refractivity contribution in [2.45, 2.75) is 13.3 Å². The Morgan fingerprint density at radius 3 is 2.67 bits per heavy atom.